The Kier molecular flexibility index (Phi) is 4.28. The lowest BCUT2D eigenvalue weighted by atomic mass is 10.1. The maximum atomic E-state index is 11.9. The number of rotatable bonds is 5. The number of likely N-dealkylation sites (tertiary alicyclic amines) is 1. The van der Waals surface area contributed by atoms with Crippen LogP contribution in [0.15, 0.2) is 25.5 Å². The Balaban J connectivity index is 2.74. The molecule has 1 amide bonds. The molecule has 0 spiro atoms. The van der Waals surface area contributed by atoms with Gasteiger partial charge in [0.05, 0.1) is 12.2 Å². The fraction of sp³-hybridized carbons (Fsp3) is 0.500. The summed E-state index contributed by atoms with van der Waals surface area (Å²) in [5, 5.41) is 0. The van der Waals surface area contributed by atoms with Crippen molar-refractivity contribution in [2.75, 3.05) is 6.54 Å². The second kappa shape index (κ2) is 5.49. The highest BCUT2D eigenvalue weighted by Gasteiger charge is 2.37. The monoisotopic (exact) mass is 223 g/mol. The lowest BCUT2D eigenvalue weighted by molar-refractivity contribution is -0.149. The molecule has 4 nitrogen and oxygen atoms in total. The molecule has 0 N–H and O–H groups in total. The number of amides is 1. The van der Waals surface area contributed by atoms with Gasteiger partial charge < -0.3 is 9.64 Å². The molecule has 1 saturated heterocycles. The summed E-state index contributed by atoms with van der Waals surface area (Å²) in [5.74, 6) is -0.621. The molecule has 1 fully saturated rings. The zero-order chi connectivity index (χ0) is 12.1. The zero-order valence-electron chi connectivity index (χ0n) is 9.52. The van der Waals surface area contributed by atoms with Gasteiger partial charge in [0.2, 0.25) is 5.91 Å². The Labute approximate surface area is 95.6 Å². The fourth-order valence-corrected chi connectivity index (χ4v) is 1.93. The van der Waals surface area contributed by atoms with E-state index >= 15 is 0 Å². The Bertz CT molecular complexity index is 311. The predicted molar refractivity (Wildman–Crippen MR) is 60.4 cm³/mol. The number of ether oxygens (including phenoxy) is 1. The number of carbonyl (C=O) groups excluding carboxylic acids is 2. The molecule has 0 aromatic carbocycles. The van der Waals surface area contributed by atoms with Crippen molar-refractivity contribution in [1.82, 2.24) is 4.90 Å². The van der Waals surface area contributed by atoms with Gasteiger partial charge in [-0.05, 0) is 12.8 Å². The third-order valence-corrected chi connectivity index (χ3v) is 2.80. The van der Waals surface area contributed by atoms with Crippen LogP contribution in [-0.2, 0) is 14.3 Å². The Morgan fingerprint density at radius 3 is 2.81 bits per heavy atom. The number of nitrogens with zero attached hydrogens (tertiary/aromatic N) is 1. The van der Waals surface area contributed by atoms with E-state index in [-0.39, 0.29) is 11.8 Å². The molecule has 0 radical (unpaired) electrons. The smallest absolute Gasteiger partial charge is 0.333 e. The van der Waals surface area contributed by atoms with Gasteiger partial charge in [0.15, 0.2) is 0 Å². The van der Waals surface area contributed by atoms with Gasteiger partial charge in [-0.2, -0.15) is 0 Å². The average Bonchev–Trinajstić information content (AvgIpc) is 2.62. The molecule has 0 saturated carbocycles. The van der Waals surface area contributed by atoms with E-state index in [0.717, 1.165) is 12.7 Å². The van der Waals surface area contributed by atoms with Crippen LogP contribution in [0, 0.1) is 5.92 Å². The highest BCUT2D eigenvalue weighted by Crippen LogP contribution is 2.22. The summed E-state index contributed by atoms with van der Waals surface area (Å²) in [6.07, 6.45) is 3.99. The summed E-state index contributed by atoms with van der Waals surface area (Å²) >= 11 is 0. The topological polar surface area (TPSA) is 46.6 Å². The molecule has 2 unspecified atom stereocenters. The van der Waals surface area contributed by atoms with Gasteiger partial charge in [0.1, 0.15) is 6.04 Å². The molecule has 0 aromatic rings. The van der Waals surface area contributed by atoms with Gasteiger partial charge in [-0.1, -0.05) is 19.6 Å². The molecular weight excluding hydrogens is 206 g/mol. The van der Waals surface area contributed by atoms with E-state index in [4.69, 9.17) is 4.74 Å². The predicted octanol–water partition coefficient (Wildman–Crippen LogP) is 1.49. The maximum Gasteiger partial charge on any atom is 0.333 e. The summed E-state index contributed by atoms with van der Waals surface area (Å²) in [4.78, 5) is 25.0. The number of hydrogen-bond acceptors (Lipinski definition) is 3. The van der Waals surface area contributed by atoms with Crippen LogP contribution in [0.3, 0.4) is 0 Å². The average molecular weight is 223 g/mol. The molecule has 1 aliphatic rings. The first kappa shape index (κ1) is 12.5. The van der Waals surface area contributed by atoms with Crippen LogP contribution < -0.4 is 0 Å². The molecule has 0 bridgehead atoms. The number of esters is 1. The lowest BCUT2D eigenvalue weighted by Crippen LogP contribution is -2.42. The van der Waals surface area contributed by atoms with Crippen LogP contribution in [-0.4, -0.2) is 29.4 Å². The molecule has 16 heavy (non-hydrogen) atoms. The van der Waals surface area contributed by atoms with Crippen LogP contribution in [0.1, 0.15) is 19.8 Å². The van der Waals surface area contributed by atoms with Crippen molar-refractivity contribution in [3.05, 3.63) is 25.5 Å². The van der Waals surface area contributed by atoms with Crippen molar-refractivity contribution in [1.29, 1.82) is 0 Å². The minimum absolute atomic E-state index is 0.0390. The third kappa shape index (κ3) is 2.32. The van der Waals surface area contributed by atoms with Crippen LogP contribution >= 0.6 is 0 Å². The van der Waals surface area contributed by atoms with Gasteiger partial charge >= 0.3 is 5.97 Å². The summed E-state index contributed by atoms with van der Waals surface area (Å²) in [7, 11) is 0. The molecule has 1 aliphatic heterocycles. The van der Waals surface area contributed by atoms with E-state index in [1.54, 1.807) is 11.0 Å². The van der Waals surface area contributed by atoms with Gasteiger partial charge in [0.25, 0.3) is 0 Å². The highest BCUT2D eigenvalue weighted by molar-refractivity contribution is 5.88. The van der Waals surface area contributed by atoms with Crippen molar-refractivity contribution in [2.24, 2.45) is 5.92 Å². The standard InChI is InChI=1S/C12H17NO3/c1-4-9-7-8-13(11(9)14)10(5-2)12(15)16-6-3/h4,6,9-10H,1,3,5,7-8H2,2H3. The SMILES string of the molecule is C=COC(=O)C(CC)N1CCC(C=C)C1=O. The minimum atomic E-state index is -0.504. The summed E-state index contributed by atoms with van der Waals surface area (Å²) in [6.45, 7) is 9.38. The van der Waals surface area contributed by atoms with Crippen molar-refractivity contribution in [2.45, 2.75) is 25.8 Å². The quantitative estimate of drug-likeness (QED) is 0.403. The van der Waals surface area contributed by atoms with Crippen molar-refractivity contribution < 1.29 is 14.3 Å². The van der Waals surface area contributed by atoms with E-state index in [1.807, 2.05) is 6.92 Å². The molecule has 0 aromatic heterocycles. The van der Waals surface area contributed by atoms with Crippen molar-refractivity contribution >= 4 is 11.9 Å². The van der Waals surface area contributed by atoms with E-state index in [0.29, 0.717) is 13.0 Å². The first-order valence-corrected chi connectivity index (χ1v) is 5.40. The largest absolute Gasteiger partial charge is 0.434 e. The highest BCUT2D eigenvalue weighted by atomic mass is 16.5. The zero-order valence-corrected chi connectivity index (χ0v) is 9.52. The Morgan fingerprint density at radius 1 is 1.69 bits per heavy atom. The molecule has 2 atom stereocenters. The summed E-state index contributed by atoms with van der Waals surface area (Å²) in [6, 6.07) is -0.504. The molecular formula is C12H17NO3. The first-order chi connectivity index (χ1) is 7.65. The van der Waals surface area contributed by atoms with E-state index in [2.05, 4.69) is 13.2 Å². The van der Waals surface area contributed by atoms with Gasteiger partial charge in [-0.3, -0.25) is 4.79 Å². The second-order valence-electron chi connectivity index (χ2n) is 3.69. The molecule has 4 heteroatoms. The van der Waals surface area contributed by atoms with E-state index in [1.165, 1.54) is 0 Å². The van der Waals surface area contributed by atoms with Crippen LogP contribution in [0.4, 0.5) is 0 Å². The summed E-state index contributed by atoms with van der Waals surface area (Å²) in [5.41, 5.74) is 0. The lowest BCUT2D eigenvalue weighted by Gasteiger charge is -2.24. The van der Waals surface area contributed by atoms with Crippen LogP contribution in [0.25, 0.3) is 0 Å². The van der Waals surface area contributed by atoms with Crippen LogP contribution in [0.2, 0.25) is 0 Å². The van der Waals surface area contributed by atoms with Crippen LogP contribution in [0.5, 0.6) is 0 Å². The molecule has 1 heterocycles. The third-order valence-electron chi connectivity index (χ3n) is 2.80. The first-order valence-electron chi connectivity index (χ1n) is 5.40. The van der Waals surface area contributed by atoms with E-state index < -0.39 is 12.0 Å². The number of hydrogen-bond donors (Lipinski definition) is 0. The normalized spacial score (nSPS) is 21.7. The minimum Gasteiger partial charge on any atom is -0.434 e. The van der Waals surface area contributed by atoms with Gasteiger partial charge in [-0.15, -0.1) is 6.58 Å². The number of carbonyl (C=O) groups is 2. The van der Waals surface area contributed by atoms with E-state index in [9.17, 15) is 9.59 Å². The Hall–Kier alpha value is -1.58. The summed E-state index contributed by atoms with van der Waals surface area (Å²) < 4.78 is 4.73. The maximum absolute atomic E-state index is 11.9. The van der Waals surface area contributed by atoms with Crippen molar-refractivity contribution in [3.8, 4) is 0 Å². The van der Waals surface area contributed by atoms with Crippen molar-refractivity contribution in [3.63, 3.8) is 0 Å². The second-order valence-corrected chi connectivity index (χ2v) is 3.69. The molecule has 0 aliphatic carbocycles. The molecule has 1 rings (SSSR count). The van der Waals surface area contributed by atoms with Gasteiger partial charge in [-0.25, -0.2) is 4.79 Å². The molecule has 88 valence electrons. The Morgan fingerprint density at radius 2 is 2.38 bits per heavy atom. The fourth-order valence-electron chi connectivity index (χ4n) is 1.93. The van der Waals surface area contributed by atoms with Gasteiger partial charge in [0, 0.05) is 6.54 Å².